The van der Waals surface area contributed by atoms with E-state index in [4.69, 9.17) is 4.74 Å². The van der Waals surface area contributed by atoms with Gasteiger partial charge in [0.25, 0.3) is 0 Å². The zero-order valence-corrected chi connectivity index (χ0v) is 18.2. The number of alkyl carbamates (subject to hydrolysis) is 1. The number of sulfonamides is 1. The van der Waals surface area contributed by atoms with Gasteiger partial charge in [0.15, 0.2) is 5.82 Å². The summed E-state index contributed by atoms with van der Waals surface area (Å²) in [5.41, 5.74) is 0.917. The van der Waals surface area contributed by atoms with E-state index < -0.39 is 16.1 Å². The van der Waals surface area contributed by atoms with Crippen molar-refractivity contribution in [3.8, 4) is 0 Å². The zero-order valence-electron chi connectivity index (χ0n) is 17.4. The molecule has 1 aromatic heterocycles. The SMILES string of the molecule is CC(C)NC(=O)O[C@@H]1CC[C@H](c2cc(NC(=O)[C@H]3[C@@H]4CN(S(C)(=O)=O)C[C@@H]43)n[nH]2)C1. The van der Waals surface area contributed by atoms with E-state index in [1.54, 1.807) is 0 Å². The van der Waals surface area contributed by atoms with Crippen molar-refractivity contribution in [3.05, 3.63) is 11.8 Å². The Balaban J connectivity index is 1.26. The van der Waals surface area contributed by atoms with Crippen LogP contribution in [0.5, 0.6) is 0 Å². The van der Waals surface area contributed by atoms with Crippen molar-refractivity contribution in [3.63, 3.8) is 0 Å². The molecule has 3 aliphatic rings. The average Bonchev–Trinajstić information content (AvgIpc) is 3.10. The Bertz CT molecular complexity index is 917. The second-order valence-electron chi connectivity index (χ2n) is 8.97. The molecular formula is C19H29N5O5S. The predicted molar refractivity (Wildman–Crippen MR) is 109 cm³/mol. The molecule has 11 heteroatoms. The minimum atomic E-state index is -3.19. The molecule has 1 saturated heterocycles. The fourth-order valence-electron chi connectivity index (χ4n) is 4.72. The number of carbonyl (C=O) groups is 2. The smallest absolute Gasteiger partial charge is 0.407 e. The van der Waals surface area contributed by atoms with Gasteiger partial charge in [-0.25, -0.2) is 17.5 Å². The third-order valence-electron chi connectivity index (χ3n) is 6.29. The highest BCUT2D eigenvalue weighted by molar-refractivity contribution is 7.88. The minimum Gasteiger partial charge on any atom is -0.446 e. The normalized spacial score (nSPS) is 30.9. The highest BCUT2D eigenvalue weighted by atomic mass is 32.2. The van der Waals surface area contributed by atoms with Crippen LogP contribution in [0.3, 0.4) is 0 Å². The van der Waals surface area contributed by atoms with E-state index in [1.807, 2.05) is 19.9 Å². The lowest BCUT2D eigenvalue weighted by Crippen LogP contribution is -2.33. The van der Waals surface area contributed by atoms with E-state index in [0.29, 0.717) is 18.9 Å². The van der Waals surface area contributed by atoms with Gasteiger partial charge in [0.1, 0.15) is 6.10 Å². The molecule has 3 N–H and O–H groups in total. The summed E-state index contributed by atoms with van der Waals surface area (Å²) in [6, 6.07) is 1.87. The maximum atomic E-state index is 12.5. The van der Waals surface area contributed by atoms with Crippen LogP contribution in [0.25, 0.3) is 0 Å². The molecule has 30 heavy (non-hydrogen) atoms. The lowest BCUT2D eigenvalue weighted by atomic mass is 10.0. The fraction of sp³-hybridized carbons (Fsp3) is 0.737. The number of nitrogens with one attached hydrogen (secondary N) is 3. The van der Waals surface area contributed by atoms with Crippen LogP contribution < -0.4 is 10.6 Å². The van der Waals surface area contributed by atoms with Crippen LogP contribution in [0.1, 0.15) is 44.7 Å². The third kappa shape index (κ3) is 4.46. The molecule has 1 aliphatic heterocycles. The average molecular weight is 440 g/mol. The standard InChI is InChI=1S/C19H29N5O5S/c1-10(2)20-19(26)29-12-5-4-11(6-12)15-7-16(23-22-15)21-18(25)17-13-8-24(9-14(13)17)30(3,27)28/h7,10-14,17H,4-6,8-9H2,1-3H3,(H,20,26)(H2,21,22,23,25)/t11-,12+,13-,14+,17+/m0/s1. The lowest BCUT2D eigenvalue weighted by Gasteiger charge is -2.16. The molecule has 2 saturated carbocycles. The van der Waals surface area contributed by atoms with Crippen molar-refractivity contribution in [1.29, 1.82) is 0 Å². The van der Waals surface area contributed by atoms with Gasteiger partial charge in [-0.3, -0.25) is 9.89 Å². The summed E-state index contributed by atoms with van der Waals surface area (Å²) in [6.45, 7) is 4.60. The Morgan fingerprint density at radius 3 is 2.60 bits per heavy atom. The molecule has 5 atom stereocenters. The first-order valence-corrected chi connectivity index (χ1v) is 12.2. The number of nitrogens with zero attached hydrogens (tertiary/aromatic N) is 2. The molecule has 2 amide bonds. The van der Waals surface area contributed by atoms with Crippen LogP contribution in [0, 0.1) is 17.8 Å². The van der Waals surface area contributed by atoms with Gasteiger partial charge in [0, 0.05) is 42.7 Å². The Morgan fingerprint density at radius 1 is 1.27 bits per heavy atom. The number of fused-ring (bicyclic) bond motifs is 1. The number of aromatic nitrogens is 2. The van der Waals surface area contributed by atoms with Crippen LogP contribution in [-0.2, 0) is 19.6 Å². The number of rotatable bonds is 6. The van der Waals surface area contributed by atoms with Crippen LogP contribution in [0.2, 0.25) is 0 Å². The van der Waals surface area contributed by atoms with Gasteiger partial charge in [0.05, 0.1) is 6.26 Å². The zero-order chi connectivity index (χ0) is 21.6. The second-order valence-corrected chi connectivity index (χ2v) is 11.0. The molecule has 0 radical (unpaired) electrons. The summed E-state index contributed by atoms with van der Waals surface area (Å²) >= 11 is 0. The summed E-state index contributed by atoms with van der Waals surface area (Å²) in [5, 5.41) is 12.8. The van der Waals surface area contributed by atoms with Crippen molar-refractivity contribution in [2.75, 3.05) is 24.7 Å². The van der Waals surface area contributed by atoms with Crippen molar-refractivity contribution in [2.24, 2.45) is 17.8 Å². The number of aromatic amines is 1. The molecule has 10 nitrogen and oxygen atoms in total. The molecule has 2 heterocycles. The molecule has 1 aromatic rings. The Morgan fingerprint density at radius 2 is 1.97 bits per heavy atom. The van der Waals surface area contributed by atoms with Crippen LogP contribution in [0.4, 0.5) is 10.6 Å². The largest absolute Gasteiger partial charge is 0.446 e. The lowest BCUT2D eigenvalue weighted by molar-refractivity contribution is -0.118. The second kappa shape index (κ2) is 7.84. The quantitative estimate of drug-likeness (QED) is 0.611. The van der Waals surface area contributed by atoms with E-state index >= 15 is 0 Å². The first-order chi connectivity index (χ1) is 14.1. The third-order valence-corrected chi connectivity index (χ3v) is 7.52. The molecule has 4 rings (SSSR count). The van der Waals surface area contributed by atoms with E-state index in [0.717, 1.165) is 25.0 Å². The summed E-state index contributed by atoms with van der Waals surface area (Å²) in [7, 11) is -3.19. The van der Waals surface area contributed by atoms with Gasteiger partial charge in [-0.2, -0.15) is 5.10 Å². The van der Waals surface area contributed by atoms with Crippen LogP contribution in [-0.4, -0.2) is 66.4 Å². The number of H-pyrrole nitrogens is 1. The Labute approximate surface area is 176 Å². The number of hydrogen-bond donors (Lipinski definition) is 3. The first-order valence-electron chi connectivity index (χ1n) is 10.4. The van der Waals surface area contributed by atoms with Crippen LogP contribution >= 0.6 is 0 Å². The predicted octanol–water partition coefficient (Wildman–Crippen LogP) is 1.26. The molecule has 2 aliphatic carbocycles. The molecule has 0 bridgehead atoms. The van der Waals surface area contributed by atoms with Gasteiger partial charge >= 0.3 is 6.09 Å². The number of piperidine rings is 1. The van der Waals surface area contributed by atoms with E-state index in [2.05, 4.69) is 20.8 Å². The molecule has 166 valence electrons. The van der Waals surface area contributed by atoms with Crippen LogP contribution in [0.15, 0.2) is 6.07 Å². The van der Waals surface area contributed by atoms with E-state index in [1.165, 1.54) is 10.6 Å². The number of hydrogen-bond acceptors (Lipinski definition) is 6. The Hall–Kier alpha value is -2.14. The maximum Gasteiger partial charge on any atom is 0.407 e. The molecule has 0 aromatic carbocycles. The van der Waals surface area contributed by atoms with Gasteiger partial charge in [-0.1, -0.05) is 0 Å². The Kier molecular flexibility index (Phi) is 5.52. The topological polar surface area (TPSA) is 133 Å². The maximum absolute atomic E-state index is 12.5. The summed E-state index contributed by atoms with van der Waals surface area (Å²) < 4.78 is 30.1. The fourth-order valence-corrected chi connectivity index (χ4v) is 5.60. The first kappa shape index (κ1) is 21.1. The van der Waals surface area contributed by atoms with Gasteiger partial charge in [-0.05, 0) is 44.9 Å². The van der Waals surface area contributed by atoms with Gasteiger partial charge in [-0.15, -0.1) is 0 Å². The highest BCUT2D eigenvalue weighted by Crippen LogP contribution is 2.52. The summed E-state index contributed by atoms with van der Waals surface area (Å²) in [5.74, 6) is 0.622. The summed E-state index contributed by atoms with van der Waals surface area (Å²) in [4.78, 5) is 24.3. The van der Waals surface area contributed by atoms with Crippen molar-refractivity contribution >= 4 is 27.8 Å². The molecule has 0 spiro atoms. The van der Waals surface area contributed by atoms with E-state index in [9.17, 15) is 18.0 Å². The minimum absolute atomic E-state index is 0.0360. The van der Waals surface area contributed by atoms with Crippen molar-refractivity contribution in [1.82, 2.24) is 19.8 Å². The number of amides is 2. The number of carbonyl (C=O) groups excluding carboxylic acids is 2. The number of anilines is 1. The van der Waals surface area contributed by atoms with Gasteiger partial charge < -0.3 is 15.4 Å². The molecule has 0 unspecified atom stereocenters. The van der Waals surface area contributed by atoms with Crippen molar-refractivity contribution in [2.45, 2.75) is 51.2 Å². The molecule has 3 fully saturated rings. The summed E-state index contributed by atoms with van der Waals surface area (Å²) in [6.07, 6.45) is 3.07. The van der Waals surface area contributed by atoms with E-state index in [-0.39, 0.29) is 41.7 Å². The van der Waals surface area contributed by atoms with Gasteiger partial charge in [0.2, 0.25) is 15.9 Å². The monoisotopic (exact) mass is 439 g/mol. The van der Waals surface area contributed by atoms with Crippen molar-refractivity contribution < 1.29 is 22.7 Å². The molecular weight excluding hydrogens is 410 g/mol. The number of ether oxygens (including phenoxy) is 1. The highest BCUT2D eigenvalue weighted by Gasteiger charge is 2.60.